The van der Waals surface area contributed by atoms with Crippen LogP contribution in [0.3, 0.4) is 0 Å². The van der Waals surface area contributed by atoms with Crippen LogP contribution in [0.1, 0.15) is 6.42 Å². The number of nitrogens with one attached hydrogen (secondary N) is 2. The second-order valence-electron chi connectivity index (χ2n) is 3.27. The maximum Gasteiger partial charge on any atom is 0.343 e. The predicted octanol–water partition coefficient (Wildman–Crippen LogP) is -0.554. The Morgan fingerprint density at radius 2 is 2.41 bits per heavy atom. The summed E-state index contributed by atoms with van der Waals surface area (Å²) in [6.07, 6.45) is 0.726. The molecule has 96 valence electrons. The highest BCUT2D eigenvalue weighted by Crippen LogP contribution is 2.12. The van der Waals surface area contributed by atoms with Crippen molar-refractivity contribution in [1.82, 2.24) is 20.1 Å². The van der Waals surface area contributed by atoms with Gasteiger partial charge in [-0.15, -0.1) is 5.10 Å². The molecular formula is C9H16N4O3S. The molecule has 1 rings (SSSR count). The van der Waals surface area contributed by atoms with E-state index in [2.05, 4.69) is 15.5 Å². The van der Waals surface area contributed by atoms with Gasteiger partial charge in [0.05, 0.1) is 5.75 Å². The number of rotatable bonds is 7. The highest BCUT2D eigenvalue weighted by Gasteiger charge is 2.10. The molecule has 17 heavy (non-hydrogen) atoms. The number of nitrogens with zero attached hydrogens (tertiary/aromatic N) is 2. The number of carbonyl (C=O) groups is 1. The lowest BCUT2D eigenvalue weighted by molar-refractivity contribution is -0.118. The lowest BCUT2D eigenvalue weighted by Crippen LogP contribution is -2.21. The summed E-state index contributed by atoms with van der Waals surface area (Å²) < 4.78 is 6.43. The van der Waals surface area contributed by atoms with E-state index in [-0.39, 0.29) is 17.3 Å². The number of hydrogen-bond acceptors (Lipinski definition) is 5. The minimum Gasteiger partial charge on any atom is -0.385 e. The van der Waals surface area contributed by atoms with Crippen molar-refractivity contribution in [1.29, 1.82) is 0 Å². The van der Waals surface area contributed by atoms with Crippen molar-refractivity contribution in [3.05, 3.63) is 10.5 Å². The largest absolute Gasteiger partial charge is 0.385 e. The fourth-order valence-corrected chi connectivity index (χ4v) is 2.02. The maximum atomic E-state index is 11.4. The third-order valence-electron chi connectivity index (χ3n) is 2.06. The van der Waals surface area contributed by atoms with E-state index in [4.69, 9.17) is 4.74 Å². The van der Waals surface area contributed by atoms with Gasteiger partial charge in [0.2, 0.25) is 5.91 Å². The van der Waals surface area contributed by atoms with Gasteiger partial charge in [-0.3, -0.25) is 9.36 Å². The van der Waals surface area contributed by atoms with E-state index < -0.39 is 0 Å². The van der Waals surface area contributed by atoms with Gasteiger partial charge in [-0.2, -0.15) is 0 Å². The van der Waals surface area contributed by atoms with E-state index in [1.54, 1.807) is 14.2 Å². The van der Waals surface area contributed by atoms with Crippen LogP contribution >= 0.6 is 11.8 Å². The Morgan fingerprint density at radius 1 is 1.65 bits per heavy atom. The van der Waals surface area contributed by atoms with Gasteiger partial charge < -0.3 is 10.1 Å². The van der Waals surface area contributed by atoms with E-state index in [0.717, 1.165) is 6.42 Å². The molecule has 0 saturated carbocycles. The molecule has 1 aromatic rings. The molecule has 1 amide bonds. The fourth-order valence-electron chi connectivity index (χ4n) is 1.18. The summed E-state index contributed by atoms with van der Waals surface area (Å²) in [5.74, 6) is 0.138. The molecule has 0 fully saturated rings. The standard InChI is InChI=1S/C9H16N4O3S/c1-10-7(14)6-17-9-12-11-8(15)13(9)4-3-5-16-2/h3-6H2,1-2H3,(H,10,14)(H,11,15). The number of ether oxygens (including phenoxy) is 1. The number of H-pyrrole nitrogens is 1. The number of amides is 1. The van der Waals surface area contributed by atoms with Crippen LogP contribution in [0.5, 0.6) is 0 Å². The Kier molecular flexibility index (Phi) is 5.78. The van der Waals surface area contributed by atoms with Crippen LogP contribution in [0.25, 0.3) is 0 Å². The molecule has 0 aromatic carbocycles. The molecule has 2 N–H and O–H groups in total. The minimum absolute atomic E-state index is 0.103. The van der Waals surface area contributed by atoms with Crippen LogP contribution in [-0.4, -0.2) is 47.2 Å². The molecule has 0 radical (unpaired) electrons. The number of aromatic nitrogens is 3. The number of methoxy groups -OCH3 is 1. The summed E-state index contributed by atoms with van der Waals surface area (Å²) in [4.78, 5) is 22.5. The molecule has 0 aliphatic heterocycles. The molecule has 0 saturated heterocycles. The molecule has 0 unspecified atom stereocenters. The number of aromatic amines is 1. The zero-order valence-electron chi connectivity index (χ0n) is 9.86. The van der Waals surface area contributed by atoms with Crippen molar-refractivity contribution in [2.24, 2.45) is 0 Å². The first-order chi connectivity index (χ1) is 8.19. The van der Waals surface area contributed by atoms with Crippen LogP contribution < -0.4 is 11.0 Å². The normalized spacial score (nSPS) is 10.5. The molecule has 0 spiro atoms. The molecule has 7 nitrogen and oxygen atoms in total. The summed E-state index contributed by atoms with van der Waals surface area (Å²) >= 11 is 1.23. The zero-order valence-corrected chi connectivity index (χ0v) is 10.7. The molecule has 0 atom stereocenters. The summed E-state index contributed by atoms with van der Waals surface area (Å²) in [5, 5.41) is 9.27. The smallest absolute Gasteiger partial charge is 0.343 e. The van der Waals surface area contributed by atoms with Gasteiger partial charge in [0.25, 0.3) is 0 Å². The van der Waals surface area contributed by atoms with Crippen molar-refractivity contribution in [3.63, 3.8) is 0 Å². The number of hydrogen-bond donors (Lipinski definition) is 2. The first-order valence-electron chi connectivity index (χ1n) is 5.16. The Labute approximate surface area is 103 Å². The molecule has 8 heteroatoms. The topological polar surface area (TPSA) is 89.0 Å². The number of thioether (sulfide) groups is 1. The van der Waals surface area contributed by atoms with Gasteiger partial charge in [0.15, 0.2) is 5.16 Å². The van der Waals surface area contributed by atoms with Gasteiger partial charge in [0.1, 0.15) is 0 Å². The average molecular weight is 260 g/mol. The van der Waals surface area contributed by atoms with E-state index in [9.17, 15) is 9.59 Å². The van der Waals surface area contributed by atoms with Gasteiger partial charge in [-0.25, -0.2) is 9.89 Å². The Hall–Kier alpha value is -1.28. The van der Waals surface area contributed by atoms with Crippen LogP contribution in [0.4, 0.5) is 0 Å². The summed E-state index contributed by atoms with van der Waals surface area (Å²) in [6, 6.07) is 0. The molecule has 0 aliphatic carbocycles. The maximum absolute atomic E-state index is 11.4. The lowest BCUT2D eigenvalue weighted by atomic mass is 10.4. The fraction of sp³-hybridized carbons (Fsp3) is 0.667. The average Bonchev–Trinajstić information content (AvgIpc) is 2.68. The van der Waals surface area contributed by atoms with Crippen LogP contribution in [0.2, 0.25) is 0 Å². The molecule has 0 bridgehead atoms. The van der Waals surface area contributed by atoms with Gasteiger partial charge in [0, 0.05) is 27.3 Å². The van der Waals surface area contributed by atoms with E-state index >= 15 is 0 Å². The monoisotopic (exact) mass is 260 g/mol. The van der Waals surface area contributed by atoms with E-state index in [1.165, 1.54) is 16.3 Å². The van der Waals surface area contributed by atoms with Crippen molar-refractivity contribution in [3.8, 4) is 0 Å². The van der Waals surface area contributed by atoms with Crippen LogP contribution in [0, 0.1) is 0 Å². The Morgan fingerprint density at radius 3 is 3.06 bits per heavy atom. The highest BCUT2D eigenvalue weighted by atomic mass is 32.2. The highest BCUT2D eigenvalue weighted by molar-refractivity contribution is 7.99. The Balaban J connectivity index is 2.59. The van der Waals surface area contributed by atoms with E-state index in [0.29, 0.717) is 18.3 Å². The van der Waals surface area contributed by atoms with Gasteiger partial charge >= 0.3 is 5.69 Å². The van der Waals surface area contributed by atoms with Crippen molar-refractivity contribution in [2.75, 3.05) is 26.5 Å². The second kappa shape index (κ2) is 7.13. The predicted molar refractivity (Wildman–Crippen MR) is 64.1 cm³/mol. The van der Waals surface area contributed by atoms with Crippen molar-refractivity contribution in [2.45, 2.75) is 18.1 Å². The molecule has 1 heterocycles. The number of carbonyl (C=O) groups excluding carboxylic acids is 1. The summed E-state index contributed by atoms with van der Waals surface area (Å²) in [5.41, 5.74) is -0.263. The molecule has 1 aromatic heterocycles. The minimum atomic E-state index is -0.263. The van der Waals surface area contributed by atoms with Crippen molar-refractivity contribution >= 4 is 17.7 Å². The zero-order chi connectivity index (χ0) is 12.7. The SMILES string of the molecule is CNC(=O)CSc1n[nH]c(=O)n1CCCOC. The first kappa shape index (κ1) is 13.8. The molecule has 0 aliphatic rings. The van der Waals surface area contributed by atoms with Crippen LogP contribution in [-0.2, 0) is 16.1 Å². The quantitative estimate of drug-likeness (QED) is 0.507. The third kappa shape index (κ3) is 4.23. The summed E-state index contributed by atoms with van der Waals surface area (Å²) in [6.45, 7) is 1.11. The van der Waals surface area contributed by atoms with Gasteiger partial charge in [-0.05, 0) is 6.42 Å². The van der Waals surface area contributed by atoms with Crippen molar-refractivity contribution < 1.29 is 9.53 Å². The molecular weight excluding hydrogens is 244 g/mol. The Bertz CT molecular complexity index is 415. The van der Waals surface area contributed by atoms with Crippen LogP contribution in [0.15, 0.2) is 9.95 Å². The summed E-state index contributed by atoms with van der Waals surface area (Å²) in [7, 11) is 3.18. The third-order valence-corrected chi connectivity index (χ3v) is 3.04. The second-order valence-corrected chi connectivity index (χ2v) is 4.21. The lowest BCUT2D eigenvalue weighted by Gasteiger charge is -2.04. The first-order valence-corrected chi connectivity index (χ1v) is 6.15. The van der Waals surface area contributed by atoms with Gasteiger partial charge in [-0.1, -0.05) is 11.8 Å². The van der Waals surface area contributed by atoms with E-state index in [1.807, 2.05) is 0 Å².